The minimum atomic E-state index is -0.484. The molecule has 1 N–H and O–H groups in total. The number of nitrogens with zero attached hydrogens (tertiary/aromatic N) is 2. The van der Waals surface area contributed by atoms with Gasteiger partial charge in [-0.05, 0) is 69.7 Å². The van der Waals surface area contributed by atoms with Gasteiger partial charge in [0.2, 0.25) is 0 Å². The Balaban J connectivity index is 1.57. The van der Waals surface area contributed by atoms with Crippen molar-refractivity contribution in [1.82, 2.24) is 14.9 Å². The number of halogens is 1. The summed E-state index contributed by atoms with van der Waals surface area (Å²) in [5.74, 6) is 0.906. The average Bonchev–Trinajstić information content (AvgIpc) is 3.17. The number of carbonyl (C=O) groups is 1. The molecular formula is C21H26BrN3O2. The molecule has 1 atom stereocenters. The predicted octanol–water partition coefficient (Wildman–Crippen LogP) is 4.93. The van der Waals surface area contributed by atoms with E-state index in [4.69, 9.17) is 9.72 Å². The fourth-order valence-electron chi connectivity index (χ4n) is 4.01. The van der Waals surface area contributed by atoms with Gasteiger partial charge in [0.25, 0.3) is 0 Å². The van der Waals surface area contributed by atoms with E-state index in [9.17, 15) is 4.79 Å². The Morgan fingerprint density at radius 1 is 1.30 bits per heavy atom. The number of aromatic amines is 1. The normalized spacial score (nSPS) is 19.4. The standard InChI is InChI=1S/C21H26BrN3O2/c1-21(2,3)27-20(26)25-10-4-5-18(25)19-23-16-9-7-13-11-15(22)8-6-14(13)12-17(16)24-19/h6,8,11,18H,4-5,7,9-10,12H2,1-3H3,(H,23,24)/t18-/m0/s1. The molecule has 0 spiro atoms. The van der Waals surface area contributed by atoms with Crippen molar-refractivity contribution in [3.8, 4) is 0 Å². The van der Waals surface area contributed by atoms with E-state index in [1.54, 1.807) is 0 Å². The fourth-order valence-corrected chi connectivity index (χ4v) is 4.42. The van der Waals surface area contributed by atoms with E-state index in [1.165, 1.54) is 16.8 Å². The number of H-pyrrole nitrogens is 1. The fraction of sp³-hybridized carbons (Fsp3) is 0.524. The summed E-state index contributed by atoms with van der Waals surface area (Å²) in [4.78, 5) is 22.9. The van der Waals surface area contributed by atoms with Gasteiger partial charge < -0.3 is 9.72 Å². The molecule has 1 amide bonds. The molecule has 2 heterocycles. The first-order valence-electron chi connectivity index (χ1n) is 9.65. The summed E-state index contributed by atoms with van der Waals surface area (Å²) >= 11 is 3.57. The van der Waals surface area contributed by atoms with Crippen LogP contribution >= 0.6 is 15.9 Å². The van der Waals surface area contributed by atoms with Gasteiger partial charge in [-0.2, -0.15) is 0 Å². The third kappa shape index (κ3) is 3.91. The molecule has 6 heteroatoms. The topological polar surface area (TPSA) is 58.2 Å². The van der Waals surface area contributed by atoms with E-state index in [1.807, 2.05) is 25.7 Å². The van der Waals surface area contributed by atoms with Crippen molar-refractivity contribution in [2.24, 2.45) is 0 Å². The van der Waals surface area contributed by atoms with Crippen LogP contribution in [0.5, 0.6) is 0 Å². The lowest BCUT2D eigenvalue weighted by Gasteiger charge is -2.27. The Morgan fingerprint density at radius 3 is 2.89 bits per heavy atom. The van der Waals surface area contributed by atoms with Gasteiger partial charge in [0, 0.05) is 23.1 Å². The van der Waals surface area contributed by atoms with Crippen LogP contribution in [0, 0.1) is 0 Å². The summed E-state index contributed by atoms with van der Waals surface area (Å²) < 4.78 is 6.72. The summed E-state index contributed by atoms with van der Waals surface area (Å²) in [7, 11) is 0. The second-order valence-electron chi connectivity index (χ2n) is 8.47. The first kappa shape index (κ1) is 18.5. The van der Waals surface area contributed by atoms with Gasteiger partial charge in [0.15, 0.2) is 0 Å². The van der Waals surface area contributed by atoms with Gasteiger partial charge in [0.05, 0.1) is 11.7 Å². The van der Waals surface area contributed by atoms with Crippen molar-refractivity contribution in [3.05, 3.63) is 51.0 Å². The van der Waals surface area contributed by atoms with Crippen molar-refractivity contribution in [1.29, 1.82) is 0 Å². The molecule has 27 heavy (non-hydrogen) atoms. The molecular weight excluding hydrogens is 406 g/mol. The number of ether oxygens (including phenoxy) is 1. The van der Waals surface area contributed by atoms with Crippen LogP contribution in [0.3, 0.4) is 0 Å². The third-order valence-electron chi connectivity index (χ3n) is 5.25. The first-order valence-corrected chi connectivity index (χ1v) is 10.4. The average molecular weight is 432 g/mol. The molecule has 2 aliphatic rings. The molecule has 144 valence electrons. The summed E-state index contributed by atoms with van der Waals surface area (Å²) in [6, 6.07) is 6.49. The smallest absolute Gasteiger partial charge is 0.410 e. The maximum atomic E-state index is 12.6. The molecule has 0 saturated carbocycles. The molecule has 1 aromatic heterocycles. The highest BCUT2D eigenvalue weighted by molar-refractivity contribution is 9.10. The van der Waals surface area contributed by atoms with Crippen molar-refractivity contribution >= 4 is 22.0 Å². The zero-order chi connectivity index (χ0) is 19.2. The highest BCUT2D eigenvalue weighted by atomic mass is 79.9. The summed E-state index contributed by atoms with van der Waals surface area (Å²) in [6.07, 6.45) is 4.44. The molecule has 5 nitrogen and oxygen atoms in total. The van der Waals surface area contributed by atoms with Crippen LogP contribution < -0.4 is 0 Å². The van der Waals surface area contributed by atoms with Gasteiger partial charge in [-0.25, -0.2) is 9.78 Å². The highest BCUT2D eigenvalue weighted by Crippen LogP contribution is 2.34. The third-order valence-corrected chi connectivity index (χ3v) is 5.74. The van der Waals surface area contributed by atoms with Crippen LogP contribution in [-0.2, 0) is 24.0 Å². The summed E-state index contributed by atoms with van der Waals surface area (Å²) in [5.41, 5.74) is 4.56. The van der Waals surface area contributed by atoms with E-state index in [2.05, 4.69) is 39.1 Å². The van der Waals surface area contributed by atoms with Gasteiger partial charge >= 0.3 is 6.09 Å². The molecule has 1 aliphatic heterocycles. The molecule has 0 bridgehead atoms. The van der Waals surface area contributed by atoms with Gasteiger partial charge in [-0.15, -0.1) is 0 Å². The van der Waals surface area contributed by atoms with E-state index >= 15 is 0 Å². The number of hydrogen-bond donors (Lipinski definition) is 1. The Bertz CT molecular complexity index is 869. The minimum absolute atomic E-state index is 0.0174. The number of carbonyl (C=O) groups excluding carboxylic acids is 1. The van der Waals surface area contributed by atoms with Crippen molar-refractivity contribution < 1.29 is 9.53 Å². The minimum Gasteiger partial charge on any atom is -0.444 e. The molecule has 0 radical (unpaired) electrons. The molecule has 1 aromatic carbocycles. The van der Waals surface area contributed by atoms with Crippen LogP contribution in [0.2, 0.25) is 0 Å². The Morgan fingerprint density at radius 2 is 2.11 bits per heavy atom. The first-order chi connectivity index (χ1) is 12.8. The quantitative estimate of drug-likeness (QED) is 0.695. The monoisotopic (exact) mass is 431 g/mol. The second kappa shape index (κ2) is 6.97. The van der Waals surface area contributed by atoms with Crippen LogP contribution in [0.25, 0.3) is 0 Å². The Kier molecular flexibility index (Phi) is 4.78. The molecule has 0 unspecified atom stereocenters. The SMILES string of the molecule is CC(C)(C)OC(=O)N1CCC[C@H]1c1nc2c([nH]1)Cc1ccc(Br)cc1CC2. The highest BCUT2D eigenvalue weighted by Gasteiger charge is 2.35. The van der Waals surface area contributed by atoms with Crippen LogP contribution in [0.15, 0.2) is 22.7 Å². The number of amides is 1. The zero-order valence-corrected chi connectivity index (χ0v) is 17.7. The number of imidazole rings is 1. The zero-order valence-electron chi connectivity index (χ0n) is 16.1. The molecule has 1 fully saturated rings. The van der Waals surface area contributed by atoms with Crippen LogP contribution in [0.4, 0.5) is 4.79 Å². The van der Waals surface area contributed by atoms with Gasteiger partial charge in [0.1, 0.15) is 11.4 Å². The number of rotatable bonds is 1. The Hall–Kier alpha value is -1.82. The lowest BCUT2D eigenvalue weighted by molar-refractivity contribution is 0.0218. The van der Waals surface area contributed by atoms with Crippen LogP contribution in [0.1, 0.15) is 68.0 Å². The molecule has 1 aliphatic carbocycles. The number of aromatic nitrogens is 2. The number of nitrogens with one attached hydrogen (secondary N) is 1. The van der Waals surface area contributed by atoms with E-state index in [0.717, 1.165) is 54.6 Å². The Labute approximate surface area is 168 Å². The van der Waals surface area contributed by atoms with E-state index < -0.39 is 5.60 Å². The van der Waals surface area contributed by atoms with Gasteiger partial charge in [-0.3, -0.25) is 4.90 Å². The van der Waals surface area contributed by atoms with E-state index in [-0.39, 0.29) is 12.1 Å². The number of fused-ring (bicyclic) bond motifs is 2. The summed E-state index contributed by atoms with van der Waals surface area (Å²) in [5, 5.41) is 0. The van der Waals surface area contributed by atoms with Crippen molar-refractivity contribution in [3.63, 3.8) is 0 Å². The number of likely N-dealkylation sites (tertiary alicyclic amines) is 1. The van der Waals surface area contributed by atoms with Crippen molar-refractivity contribution in [2.45, 2.75) is 64.5 Å². The maximum Gasteiger partial charge on any atom is 0.410 e. The van der Waals surface area contributed by atoms with Crippen molar-refractivity contribution in [2.75, 3.05) is 6.54 Å². The largest absolute Gasteiger partial charge is 0.444 e. The van der Waals surface area contributed by atoms with Crippen LogP contribution in [-0.4, -0.2) is 33.1 Å². The number of aryl methyl sites for hydroxylation is 2. The summed E-state index contributed by atoms with van der Waals surface area (Å²) in [6.45, 7) is 6.43. The molecule has 4 rings (SSSR count). The molecule has 1 saturated heterocycles. The molecule has 2 aromatic rings. The second-order valence-corrected chi connectivity index (χ2v) is 9.38. The lowest BCUT2D eigenvalue weighted by Crippen LogP contribution is -2.36. The maximum absolute atomic E-state index is 12.6. The number of benzene rings is 1. The predicted molar refractivity (Wildman–Crippen MR) is 108 cm³/mol. The number of hydrogen-bond acceptors (Lipinski definition) is 3. The van der Waals surface area contributed by atoms with E-state index in [0.29, 0.717) is 0 Å². The van der Waals surface area contributed by atoms with Gasteiger partial charge in [-0.1, -0.05) is 22.0 Å². The lowest BCUT2D eigenvalue weighted by atomic mass is 10.0.